The first-order valence-electron chi connectivity index (χ1n) is 4.49. The fourth-order valence-electron chi connectivity index (χ4n) is 1.59. The zero-order valence-corrected chi connectivity index (χ0v) is 8.05. The molecule has 15 heavy (non-hydrogen) atoms. The van der Waals surface area contributed by atoms with Gasteiger partial charge in [0.15, 0.2) is 5.65 Å². The molecule has 0 aliphatic heterocycles. The molecule has 6 nitrogen and oxygen atoms in total. The topological polar surface area (TPSA) is 82.0 Å². The van der Waals surface area contributed by atoms with Crippen molar-refractivity contribution in [2.75, 3.05) is 5.73 Å². The van der Waals surface area contributed by atoms with Crippen LogP contribution in [0.4, 0.5) is 5.95 Å². The van der Waals surface area contributed by atoms with Crippen LogP contribution >= 0.6 is 0 Å². The normalized spacial score (nSPS) is 11.3. The molecule has 0 aromatic carbocycles. The Morgan fingerprint density at radius 1 is 1.33 bits per heavy atom. The molecule has 0 saturated heterocycles. The van der Waals surface area contributed by atoms with E-state index in [0.717, 1.165) is 11.3 Å². The lowest BCUT2D eigenvalue weighted by Gasteiger charge is -2.00. The maximum absolute atomic E-state index is 5.55. The summed E-state index contributed by atoms with van der Waals surface area (Å²) in [4.78, 5) is 12.7. The van der Waals surface area contributed by atoms with E-state index in [-0.39, 0.29) is 5.95 Å². The lowest BCUT2D eigenvalue weighted by atomic mass is 10.3. The summed E-state index contributed by atoms with van der Waals surface area (Å²) in [5, 5.41) is 4.04. The van der Waals surface area contributed by atoms with Crippen LogP contribution < -0.4 is 5.73 Å². The van der Waals surface area contributed by atoms with Gasteiger partial charge in [0.1, 0.15) is 11.3 Å². The molecule has 0 atom stereocenters. The molecule has 2 N–H and O–H groups in total. The Balaban J connectivity index is 2.63. The smallest absolute Gasteiger partial charge is 0.240 e. The molecule has 3 aromatic rings. The van der Waals surface area contributed by atoms with Gasteiger partial charge in [0.25, 0.3) is 0 Å². The summed E-state index contributed by atoms with van der Waals surface area (Å²) in [5.74, 6) is 0.979. The summed E-state index contributed by atoms with van der Waals surface area (Å²) in [6.45, 7) is 1.85. The Bertz CT molecular complexity index is 656. The first-order valence-corrected chi connectivity index (χ1v) is 4.49. The highest BCUT2D eigenvalue weighted by molar-refractivity contribution is 5.87. The largest absolute Gasteiger partial charge is 0.366 e. The van der Waals surface area contributed by atoms with Gasteiger partial charge in [-0.25, -0.2) is 4.98 Å². The number of hydrogen-bond donors (Lipinski definition) is 1. The maximum Gasteiger partial charge on any atom is 0.240 e. The van der Waals surface area contributed by atoms with E-state index in [9.17, 15) is 0 Å². The molecule has 0 spiro atoms. The van der Waals surface area contributed by atoms with Crippen LogP contribution in [0.15, 0.2) is 18.3 Å². The molecule has 0 saturated carbocycles. The Kier molecular flexibility index (Phi) is 1.42. The summed E-state index contributed by atoms with van der Waals surface area (Å²) >= 11 is 0. The number of aryl methyl sites for hydroxylation is 1. The first-order chi connectivity index (χ1) is 7.25. The highest BCUT2D eigenvalue weighted by Crippen LogP contribution is 2.15. The van der Waals surface area contributed by atoms with Crippen molar-refractivity contribution in [1.82, 2.24) is 24.6 Å². The summed E-state index contributed by atoms with van der Waals surface area (Å²) in [6.07, 6.45) is 1.70. The van der Waals surface area contributed by atoms with Gasteiger partial charge in [-0.2, -0.15) is 9.50 Å². The maximum atomic E-state index is 5.55. The molecule has 0 fully saturated rings. The average molecular weight is 200 g/mol. The van der Waals surface area contributed by atoms with Crippen LogP contribution in [-0.4, -0.2) is 24.6 Å². The van der Waals surface area contributed by atoms with Gasteiger partial charge in [0, 0.05) is 6.20 Å². The number of rotatable bonds is 0. The van der Waals surface area contributed by atoms with Crippen LogP contribution in [0.25, 0.3) is 16.7 Å². The number of hydrogen-bond acceptors (Lipinski definition) is 5. The van der Waals surface area contributed by atoms with Crippen LogP contribution in [0.3, 0.4) is 0 Å². The van der Waals surface area contributed by atoms with E-state index in [1.807, 2.05) is 19.1 Å². The summed E-state index contributed by atoms with van der Waals surface area (Å²) in [5.41, 5.74) is 7.72. The van der Waals surface area contributed by atoms with Crippen molar-refractivity contribution in [1.29, 1.82) is 0 Å². The van der Waals surface area contributed by atoms with Crippen molar-refractivity contribution < 1.29 is 0 Å². The fraction of sp³-hybridized carbons (Fsp3) is 0.111. The van der Waals surface area contributed by atoms with Crippen LogP contribution in [0.2, 0.25) is 0 Å². The molecule has 3 heterocycles. The number of nitrogens with zero attached hydrogens (tertiary/aromatic N) is 5. The van der Waals surface area contributed by atoms with E-state index >= 15 is 0 Å². The zero-order chi connectivity index (χ0) is 10.4. The van der Waals surface area contributed by atoms with E-state index in [1.165, 1.54) is 0 Å². The van der Waals surface area contributed by atoms with E-state index in [0.29, 0.717) is 11.2 Å². The van der Waals surface area contributed by atoms with Crippen molar-refractivity contribution in [3.05, 3.63) is 24.2 Å². The monoisotopic (exact) mass is 200 g/mol. The van der Waals surface area contributed by atoms with Gasteiger partial charge in [-0.15, -0.1) is 5.10 Å². The fourth-order valence-corrected chi connectivity index (χ4v) is 1.59. The molecular weight excluding hydrogens is 192 g/mol. The van der Waals surface area contributed by atoms with Gasteiger partial charge in [0.05, 0.1) is 5.52 Å². The second kappa shape index (κ2) is 2.63. The summed E-state index contributed by atoms with van der Waals surface area (Å²) in [6, 6.07) is 3.73. The van der Waals surface area contributed by atoms with E-state index in [2.05, 4.69) is 20.1 Å². The summed E-state index contributed by atoms with van der Waals surface area (Å²) in [7, 11) is 0. The van der Waals surface area contributed by atoms with Gasteiger partial charge in [-0.1, -0.05) is 0 Å². The van der Waals surface area contributed by atoms with Gasteiger partial charge < -0.3 is 5.73 Å². The molecule has 0 bridgehead atoms. The minimum Gasteiger partial charge on any atom is -0.366 e. The number of pyridine rings is 1. The summed E-state index contributed by atoms with van der Waals surface area (Å²) < 4.78 is 1.60. The third-order valence-electron chi connectivity index (χ3n) is 2.21. The van der Waals surface area contributed by atoms with Crippen molar-refractivity contribution >= 4 is 22.6 Å². The zero-order valence-electron chi connectivity index (χ0n) is 8.05. The molecule has 3 aromatic heterocycles. The minimum absolute atomic E-state index is 0.234. The lowest BCUT2D eigenvalue weighted by Crippen LogP contribution is -1.99. The Hall–Kier alpha value is -2.24. The molecule has 0 radical (unpaired) electrons. The first kappa shape index (κ1) is 8.10. The highest BCUT2D eigenvalue weighted by Gasteiger charge is 2.09. The Morgan fingerprint density at radius 3 is 3.07 bits per heavy atom. The van der Waals surface area contributed by atoms with Gasteiger partial charge in [-0.3, -0.25) is 4.98 Å². The Labute approximate surface area is 84.8 Å². The van der Waals surface area contributed by atoms with Gasteiger partial charge >= 0.3 is 0 Å². The quantitative estimate of drug-likeness (QED) is 0.573. The van der Waals surface area contributed by atoms with Crippen molar-refractivity contribution in [3.63, 3.8) is 0 Å². The second-order valence-electron chi connectivity index (χ2n) is 3.24. The molecule has 0 aliphatic carbocycles. The molecule has 0 unspecified atom stereocenters. The highest BCUT2D eigenvalue weighted by atomic mass is 15.3. The molecule has 6 heteroatoms. The Morgan fingerprint density at radius 2 is 2.20 bits per heavy atom. The van der Waals surface area contributed by atoms with Crippen molar-refractivity contribution in [3.8, 4) is 0 Å². The number of nitrogen functional groups attached to an aromatic ring is 1. The molecule has 0 aliphatic rings. The minimum atomic E-state index is 0.234. The van der Waals surface area contributed by atoms with Crippen LogP contribution in [0, 0.1) is 6.92 Å². The van der Waals surface area contributed by atoms with E-state index < -0.39 is 0 Å². The van der Waals surface area contributed by atoms with Crippen LogP contribution in [0.1, 0.15) is 5.82 Å². The predicted molar refractivity (Wildman–Crippen MR) is 55.2 cm³/mol. The van der Waals surface area contributed by atoms with Crippen molar-refractivity contribution in [2.45, 2.75) is 6.92 Å². The number of aromatic nitrogens is 5. The number of nitrogens with two attached hydrogens (primary N) is 1. The molecule has 74 valence electrons. The third-order valence-corrected chi connectivity index (χ3v) is 2.21. The molecular formula is C9H8N6. The van der Waals surface area contributed by atoms with E-state index in [4.69, 9.17) is 5.73 Å². The molecule has 3 rings (SSSR count). The number of fused-ring (bicyclic) bond motifs is 3. The van der Waals surface area contributed by atoms with Crippen LogP contribution in [0.5, 0.6) is 0 Å². The predicted octanol–water partition coefficient (Wildman–Crippen LogP) is 0.563. The SMILES string of the molecule is Cc1nc2cccnc2c2nc(N)nn12. The van der Waals surface area contributed by atoms with E-state index in [1.54, 1.807) is 10.7 Å². The number of anilines is 1. The third kappa shape index (κ3) is 1.04. The standard InChI is InChI=1S/C9H8N6/c1-5-12-6-3-2-4-11-7(6)8-13-9(10)14-15(5)8/h2-4H,1H3,(H2,10,14). The lowest BCUT2D eigenvalue weighted by molar-refractivity contribution is 0.879. The van der Waals surface area contributed by atoms with Gasteiger partial charge in [0.2, 0.25) is 5.95 Å². The van der Waals surface area contributed by atoms with Crippen LogP contribution in [-0.2, 0) is 0 Å². The van der Waals surface area contributed by atoms with Gasteiger partial charge in [-0.05, 0) is 19.1 Å². The van der Waals surface area contributed by atoms with Crippen molar-refractivity contribution in [2.24, 2.45) is 0 Å². The average Bonchev–Trinajstić information content (AvgIpc) is 2.61. The molecule has 0 amide bonds. The second-order valence-corrected chi connectivity index (χ2v) is 3.24.